The van der Waals surface area contributed by atoms with Gasteiger partial charge in [-0.2, -0.15) is 8.42 Å². The maximum Gasteiger partial charge on any atom is 0.297 e. The summed E-state index contributed by atoms with van der Waals surface area (Å²) in [5.74, 6) is 1.59. The molecular weight excluding hydrogens is 689 g/mol. The molecular formula is C38H34N4O5S3. The SMILES string of the molecule is COc1ccc2nc(-c3ccc(NCC(CNc4ccc(-c5nc6ccc(OC)cc6s5)cc4)OS(=O)(=O)c4ccc(C)cc4)cc3)sc2c1. The number of fused-ring (bicyclic) bond motifs is 2. The topological polar surface area (TPSA) is 112 Å². The molecule has 0 spiro atoms. The molecule has 0 aliphatic carbocycles. The Hall–Kier alpha value is -5.01. The molecule has 254 valence electrons. The summed E-state index contributed by atoms with van der Waals surface area (Å²) in [6.45, 7) is 2.39. The maximum atomic E-state index is 13.3. The highest BCUT2D eigenvalue weighted by molar-refractivity contribution is 7.86. The van der Waals surface area contributed by atoms with E-state index in [0.29, 0.717) is 0 Å². The summed E-state index contributed by atoms with van der Waals surface area (Å²) >= 11 is 3.20. The number of ether oxygens (including phenoxy) is 2. The van der Waals surface area contributed by atoms with Crippen LogP contribution >= 0.6 is 22.7 Å². The van der Waals surface area contributed by atoms with Crippen molar-refractivity contribution in [2.45, 2.75) is 17.9 Å². The van der Waals surface area contributed by atoms with E-state index in [1.54, 1.807) is 61.2 Å². The lowest BCUT2D eigenvalue weighted by molar-refractivity contribution is 0.234. The van der Waals surface area contributed by atoms with Gasteiger partial charge in [-0.15, -0.1) is 22.7 Å². The zero-order chi connectivity index (χ0) is 34.7. The fourth-order valence-electron chi connectivity index (χ4n) is 5.32. The van der Waals surface area contributed by atoms with Gasteiger partial charge in [-0.3, -0.25) is 4.18 Å². The third-order valence-corrected chi connectivity index (χ3v) is 11.6. The predicted molar refractivity (Wildman–Crippen MR) is 203 cm³/mol. The van der Waals surface area contributed by atoms with Crippen molar-refractivity contribution in [1.82, 2.24) is 9.97 Å². The van der Waals surface area contributed by atoms with Crippen molar-refractivity contribution < 1.29 is 22.1 Å². The number of anilines is 2. The quantitative estimate of drug-likeness (QED) is 0.113. The van der Waals surface area contributed by atoms with E-state index in [1.165, 1.54) is 0 Å². The fourth-order valence-corrected chi connectivity index (χ4v) is 8.39. The molecule has 2 aromatic heterocycles. The molecule has 2 heterocycles. The lowest BCUT2D eigenvalue weighted by Crippen LogP contribution is -2.33. The van der Waals surface area contributed by atoms with Gasteiger partial charge in [0.15, 0.2) is 0 Å². The second-order valence-corrected chi connectivity index (χ2v) is 15.2. The first-order chi connectivity index (χ1) is 24.3. The maximum absolute atomic E-state index is 13.3. The summed E-state index contributed by atoms with van der Waals surface area (Å²) in [6, 6.07) is 34.2. The molecule has 0 fully saturated rings. The Labute approximate surface area is 298 Å². The molecule has 7 rings (SSSR count). The van der Waals surface area contributed by atoms with Crippen LogP contribution in [0.15, 0.2) is 114 Å². The second-order valence-electron chi connectivity index (χ2n) is 11.6. The molecule has 0 radical (unpaired) electrons. The molecule has 7 aromatic rings. The van der Waals surface area contributed by atoms with Gasteiger partial charge in [0, 0.05) is 35.6 Å². The summed E-state index contributed by atoms with van der Waals surface area (Å²) in [5, 5.41) is 8.53. The smallest absolute Gasteiger partial charge is 0.297 e. The summed E-state index contributed by atoms with van der Waals surface area (Å²) in [5.41, 5.74) is 6.44. The Kier molecular flexibility index (Phi) is 9.68. The minimum atomic E-state index is -4.02. The molecule has 12 heteroatoms. The molecule has 0 aliphatic rings. The van der Waals surface area contributed by atoms with Gasteiger partial charge in [0.1, 0.15) is 27.6 Å². The van der Waals surface area contributed by atoms with Crippen molar-refractivity contribution in [2.75, 3.05) is 37.9 Å². The number of methoxy groups -OCH3 is 2. The summed E-state index contributed by atoms with van der Waals surface area (Å²) in [4.78, 5) is 9.65. The third-order valence-electron chi connectivity index (χ3n) is 8.10. The Bertz CT molecular complexity index is 2230. The van der Waals surface area contributed by atoms with Crippen molar-refractivity contribution in [2.24, 2.45) is 0 Å². The first-order valence-electron chi connectivity index (χ1n) is 15.8. The van der Waals surface area contributed by atoms with Crippen LogP contribution in [-0.4, -0.2) is 51.8 Å². The number of nitrogens with one attached hydrogen (secondary N) is 2. The predicted octanol–water partition coefficient (Wildman–Crippen LogP) is 8.86. The standard InChI is InChI=1S/C38H34N4O5S3/c1-24-4-16-32(17-5-24)50(43,44)47-31(22-39-27-10-6-25(7-11-27)37-41-33-18-14-29(45-2)20-35(33)48-37)23-40-28-12-8-26(9-13-28)38-42-34-19-15-30(46-3)21-36(34)49-38/h4-21,31,39-40H,22-23H2,1-3H3. The van der Waals surface area contributed by atoms with Crippen LogP contribution in [0.3, 0.4) is 0 Å². The van der Waals surface area contributed by atoms with Crippen LogP contribution in [0.5, 0.6) is 11.5 Å². The number of rotatable bonds is 13. The molecule has 0 unspecified atom stereocenters. The van der Waals surface area contributed by atoms with Crippen LogP contribution < -0.4 is 20.1 Å². The van der Waals surface area contributed by atoms with Gasteiger partial charge in [0.2, 0.25) is 0 Å². The average molecular weight is 723 g/mol. The van der Waals surface area contributed by atoms with E-state index in [0.717, 1.165) is 70.0 Å². The van der Waals surface area contributed by atoms with Crippen molar-refractivity contribution in [3.8, 4) is 32.6 Å². The largest absolute Gasteiger partial charge is 0.497 e. The molecule has 0 saturated heterocycles. The fraction of sp³-hybridized carbons (Fsp3) is 0.158. The Morgan fingerprint density at radius 1 is 0.640 bits per heavy atom. The summed E-state index contributed by atoms with van der Waals surface area (Å²) in [6.07, 6.45) is -0.723. The van der Waals surface area contributed by atoms with Crippen LogP contribution in [0, 0.1) is 6.92 Å². The monoisotopic (exact) mass is 722 g/mol. The Morgan fingerprint density at radius 3 is 1.54 bits per heavy atom. The van der Waals surface area contributed by atoms with Crippen molar-refractivity contribution in [3.05, 3.63) is 115 Å². The number of hydrogen-bond donors (Lipinski definition) is 2. The van der Waals surface area contributed by atoms with Gasteiger partial charge in [-0.25, -0.2) is 9.97 Å². The van der Waals surface area contributed by atoms with E-state index < -0.39 is 16.2 Å². The van der Waals surface area contributed by atoms with Crippen molar-refractivity contribution in [3.63, 3.8) is 0 Å². The summed E-state index contributed by atoms with van der Waals surface area (Å²) < 4.78 is 45.2. The number of benzene rings is 5. The normalized spacial score (nSPS) is 11.7. The Balaban J connectivity index is 1.04. The number of aryl methyl sites for hydroxylation is 1. The van der Waals surface area contributed by atoms with Crippen molar-refractivity contribution >= 4 is 64.6 Å². The van der Waals surface area contributed by atoms with Gasteiger partial charge >= 0.3 is 0 Å². The average Bonchev–Trinajstić information content (AvgIpc) is 3.77. The first-order valence-corrected chi connectivity index (χ1v) is 18.9. The molecule has 0 saturated carbocycles. The van der Waals surface area contributed by atoms with Crippen LogP contribution in [-0.2, 0) is 14.3 Å². The van der Waals surface area contributed by atoms with Crippen LogP contribution in [0.25, 0.3) is 41.6 Å². The minimum Gasteiger partial charge on any atom is -0.497 e. The van der Waals surface area contributed by atoms with Gasteiger partial charge in [-0.05, 0) is 104 Å². The van der Waals surface area contributed by atoms with E-state index >= 15 is 0 Å². The lowest BCUT2D eigenvalue weighted by Gasteiger charge is -2.20. The second kappa shape index (κ2) is 14.5. The van der Waals surface area contributed by atoms with Gasteiger partial charge < -0.3 is 20.1 Å². The molecule has 2 N–H and O–H groups in total. The van der Waals surface area contributed by atoms with Crippen LogP contribution in [0.4, 0.5) is 11.4 Å². The highest BCUT2D eigenvalue weighted by Gasteiger charge is 2.22. The van der Waals surface area contributed by atoms with Crippen molar-refractivity contribution in [1.29, 1.82) is 0 Å². The molecule has 50 heavy (non-hydrogen) atoms. The molecule has 5 aromatic carbocycles. The van der Waals surface area contributed by atoms with E-state index in [4.69, 9.17) is 23.6 Å². The highest BCUT2D eigenvalue weighted by atomic mass is 32.2. The minimum absolute atomic E-state index is 0.115. The third kappa shape index (κ3) is 7.58. The number of aromatic nitrogens is 2. The van der Waals surface area contributed by atoms with Gasteiger partial charge in [0.05, 0.1) is 39.5 Å². The molecule has 0 aliphatic heterocycles. The zero-order valence-electron chi connectivity index (χ0n) is 27.5. The summed E-state index contributed by atoms with van der Waals surface area (Å²) in [7, 11) is -0.713. The van der Waals surface area contributed by atoms with E-state index in [-0.39, 0.29) is 18.0 Å². The van der Waals surface area contributed by atoms with E-state index in [1.807, 2.05) is 91.9 Å². The molecule has 0 atom stereocenters. The number of nitrogens with zero attached hydrogens (tertiary/aromatic N) is 2. The number of hydrogen-bond acceptors (Lipinski definition) is 11. The molecule has 0 amide bonds. The van der Waals surface area contributed by atoms with E-state index in [9.17, 15) is 8.42 Å². The Morgan fingerprint density at radius 2 is 1.10 bits per heavy atom. The van der Waals surface area contributed by atoms with Crippen LogP contribution in [0.1, 0.15) is 5.56 Å². The van der Waals surface area contributed by atoms with E-state index in [2.05, 4.69) is 10.6 Å². The zero-order valence-corrected chi connectivity index (χ0v) is 30.0. The van der Waals surface area contributed by atoms with Crippen LogP contribution in [0.2, 0.25) is 0 Å². The number of thiazole rings is 2. The first kappa shape index (κ1) is 33.5. The van der Waals surface area contributed by atoms with Gasteiger partial charge in [0.25, 0.3) is 10.1 Å². The molecule has 0 bridgehead atoms. The lowest BCUT2D eigenvalue weighted by atomic mass is 10.2. The highest BCUT2D eigenvalue weighted by Crippen LogP contribution is 2.34. The van der Waals surface area contributed by atoms with Gasteiger partial charge in [-0.1, -0.05) is 17.7 Å². The molecule has 9 nitrogen and oxygen atoms in total.